The zero-order valence-electron chi connectivity index (χ0n) is 12.5. The number of nitrogens with one attached hydrogen (secondary N) is 1. The number of nitrogens with zero attached hydrogens (tertiary/aromatic N) is 1. The lowest BCUT2D eigenvalue weighted by Crippen LogP contribution is -2.12. The highest BCUT2D eigenvalue weighted by molar-refractivity contribution is 6.03. The fourth-order valence-electron chi connectivity index (χ4n) is 2.04. The summed E-state index contributed by atoms with van der Waals surface area (Å²) in [5.74, 6) is 6.06. The van der Waals surface area contributed by atoms with E-state index in [1.165, 1.54) is 6.26 Å². The summed E-state index contributed by atoms with van der Waals surface area (Å²) in [5.41, 5.74) is 2.96. The van der Waals surface area contributed by atoms with Gasteiger partial charge in [-0.2, -0.15) is 0 Å². The SMILES string of the molecule is Cc1ccoc1C(=O)Nc1cccc(C#Cc2ccccn2)c1. The van der Waals surface area contributed by atoms with Crippen molar-refractivity contribution >= 4 is 11.6 Å². The number of amides is 1. The van der Waals surface area contributed by atoms with Crippen molar-refractivity contribution in [2.45, 2.75) is 6.92 Å². The van der Waals surface area contributed by atoms with E-state index in [4.69, 9.17) is 4.42 Å². The molecule has 23 heavy (non-hydrogen) atoms. The lowest BCUT2D eigenvalue weighted by atomic mass is 10.2. The molecule has 0 saturated carbocycles. The topological polar surface area (TPSA) is 55.1 Å². The number of carbonyl (C=O) groups is 1. The molecule has 4 heteroatoms. The standard InChI is InChI=1S/C19H14N2O2/c1-14-10-12-23-18(14)19(22)21-17-7-4-5-15(13-17)8-9-16-6-2-3-11-20-16/h2-7,10-13H,1H3,(H,21,22). The van der Waals surface area contributed by atoms with Crippen molar-refractivity contribution in [2.75, 3.05) is 5.32 Å². The van der Waals surface area contributed by atoms with Crippen molar-refractivity contribution in [1.82, 2.24) is 4.98 Å². The second-order valence-electron chi connectivity index (χ2n) is 4.93. The molecule has 0 bridgehead atoms. The van der Waals surface area contributed by atoms with Crippen LogP contribution in [0.25, 0.3) is 0 Å². The molecule has 4 nitrogen and oxygen atoms in total. The van der Waals surface area contributed by atoms with Gasteiger partial charge in [-0.1, -0.05) is 18.1 Å². The van der Waals surface area contributed by atoms with Crippen LogP contribution in [0.4, 0.5) is 5.69 Å². The van der Waals surface area contributed by atoms with Gasteiger partial charge in [-0.15, -0.1) is 0 Å². The minimum Gasteiger partial charge on any atom is -0.459 e. The van der Waals surface area contributed by atoms with Gasteiger partial charge in [-0.05, 0) is 49.2 Å². The van der Waals surface area contributed by atoms with Crippen LogP contribution in [0.5, 0.6) is 0 Å². The van der Waals surface area contributed by atoms with Gasteiger partial charge in [0.05, 0.1) is 6.26 Å². The highest BCUT2D eigenvalue weighted by atomic mass is 16.3. The van der Waals surface area contributed by atoms with Gasteiger partial charge in [0.2, 0.25) is 0 Å². The van der Waals surface area contributed by atoms with Crippen LogP contribution >= 0.6 is 0 Å². The normalized spacial score (nSPS) is 9.78. The Hall–Kier alpha value is -3.32. The highest BCUT2D eigenvalue weighted by Gasteiger charge is 2.12. The maximum atomic E-state index is 12.1. The maximum Gasteiger partial charge on any atom is 0.291 e. The Kier molecular flexibility index (Phi) is 4.21. The van der Waals surface area contributed by atoms with E-state index in [1.54, 1.807) is 12.3 Å². The van der Waals surface area contributed by atoms with Gasteiger partial charge in [0.1, 0.15) is 5.69 Å². The molecule has 2 heterocycles. The number of rotatable bonds is 2. The smallest absolute Gasteiger partial charge is 0.291 e. The molecule has 0 atom stereocenters. The third-order valence-corrected chi connectivity index (χ3v) is 3.19. The molecule has 0 aliphatic carbocycles. The van der Waals surface area contributed by atoms with Crippen LogP contribution in [-0.2, 0) is 0 Å². The summed E-state index contributed by atoms with van der Waals surface area (Å²) in [7, 11) is 0. The molecule has 3 aromatic rings. The van der Waals surface area contributed by atoms with Crippen molar-refractivity contribution in [3.05, 3.63) is 83.6 Å². The third kappa shape index (κ3) is 3.66. The van der Waals surface area contributed by atoms with Gasteiger partial charge in [0.15, 0.2) is 5.76 Å². The molecule has 0 fully saturated rings. The monoisotopic (exact) mass is 302 g/mol. The Morgan fingerprint density at radius 3 is 2.78 bits per heavy atom. The van der Waals surface area contributed by atoms with Crippen LogP contribution in [0, 0.1) is 18.8 Å². The summed E-state index contributed by atoms with van der Waals surface area (Å²) < 4.78 is 5.19. The third-order valence-electron chi connectivity index (χ3n) is 3.19. The van der Waals surface area contributed by atoms with Crippen LogP contribution in [-0.4, -0.2) is 10.9 Å². The molecule has 0 saturated heterocycles. The molecule has 3 rings (SSSR count). The molecule has 0 radical (unpaired) electrons. The Morgan fingerprint density at radius 1 is 1.13 bits per heavy atom. The molecule has 1 amide bonds. The highest BCUT2D eigenvalue weighted by Crippen LogP contribution is 2.14. The van der Waals surface area contributed by atoms with Crippen LogP contribution in [0.15, 0.2) is 65.4 Å². The molecule has 1 aromatic carbocycles. The molecular formula is C19H14N2O2. The molecule has 2 aromatic heterocycles. The second-order valence-corrected chi connectivity index (χ2v) is 4.93. The molecule has 112 valence electrons. The zero-order valence-corrected chi connectivity index (χ0v) is 12.5. The van der Waals surface area contributed by atoms with E-state index in [-0.39, 0.29) is 5.91 Å². The Bertz CT molecular complexity index is 886. The van der Waals surface area contributed by atoms with Gasteiger partial charge in [-0.25, -0.2) is 4.98 Å². The van der Waals surface area contributed by atoms with Gasteiger partial charge in [0.25, 0.3) is 5.91 Å². The van der Waals surface area contributed by atoms with Crippen LogP contribution < -0.4 is 5.32 Å². The summed E-state index contributed by atoms with van der Waals surface area (Å²) in [5, 5.41) is 2.81. The average Bonchev–Trinajstić information content (AvgIpc) is 3.00. The minimum absolute atomic E-state index is 0.276. The number of benzene rings is 1. The van der Waals surface area contributed by atoms with Crippen LogP contribution in [0.1, 0.15) is 27.4 Å². The molecule has 1 N–H and O–H groups in total. The van der Waals surface area contributed by atoms with E-state index in [0.29, 0.717) is 17.1 Å². The van der Waals surface area contributed by atoms with E-state index >= 15 is 0 Å². The summed E-state index contributed by atoms with van der Waals surface area (Å²) in [4.78, 5) is 16.3. The number of aromatic nitrogens is 1. The van der Waals surface area contributed by atoms with Crippen molar-refractivity contribution < 1.29 is 9.21 Å². The number of pyridine rings is 1. The predicted molar refractivity (Wildman–Crippen MR) is 88.1 cm³/mol. The summed E-state index contributed by atoms with van der Waals surface area (Å²) in [6, 6.07) is 14.7. The van der Waals surface area contributed by atoms with Gasteiger partial charge in [0, 0.05) is 23.0 Å². The first kappa shape index (κ1) is 14.6. The van der Waals surface area contributed by atoms with Gasteiger partial charge < -0.3 is 9.73 Å². The van der Waals surface area contributed by atoms with Crippen molar-refractivity contribution in [2.24, 2.45) is 0 Å². The van der Waals surface area contributed by atoms with E-state index < -0.39 is 0 Å². The number of carbonyl (C=O) groups excluding carboxylic acids is 1. The van der Waals surface area contributed by atoms with E-state index in [2.05, 4.69) is 22.1 Å². The first-order valence-corrected chi connectivity index (χ1v) is 7.11. The Balaban J connectivity index is 1.77. The lowest BCUT2D eigenvalue weighted by Gasteiger charge is -2.04. The summed E-state index contributed by atoms with van der Waals surface area (Å²) in [6.45, 7) is 1.83. The van der Waals surface area contributed by atoms with Gasteiger partial charge >= 0.3 is 0 Å². The molecule has 0 unspecified atom stereocenters. The average molecular weight is 302 g/mol. The fourth-order valence-corrected chi connectivity index (χ4v) is 2.04. The van der Waals surface area contributed by atoms with Crippen LogP contribution in [0.3, 0.4) is 0 Å². The quantitative estimate of drug-likeness (QED) is 0.735. The Morgan fingerprint density at radius 2 is 2.04 bits per heavy atom. The first-order chi connectivity index (χ1) is 11.2. The number of furan rings is 1. The largest absolute Gasteiger partial charge is 0.459 e. The summed E-state index contributed by atoms with van der Waals surface area (Å²) in [6.07, 6.45) is 3.20. The molecule has 0 spiro atoms. The Labute approximate surface area is 134 Å². The molecule has 0 aliphatic rings. The van der Waals surface area contributed by atoms with E-state index in [0.717, 1.165) is 11.1 Å². The van der Waals surface area contributed by atoms with Crippen molar-refractivity contribution in [3.8, 4) is 11.8 Å². The summed E-state index contributed by atoms with van der Waals surface area (Å²) >= 11 is 0. The first-order valence-electron chi connectivity index (χ1n) is 7.11. The molecular weight excluding hydrogens is 288 g/mol. The molecule has 0 aliphatic heterocycles. The van der Waals surface area contributed by atoms with Gasteiger partial charge in [-0.3, -0.25) is 4.79 Å². The van der Waals surface area contributed by atoms with Crippen LogP contribution in [0.2, 0.25) is 0 Å². The number of anilines is 1. The van der Waals surface area contributed by atoms with E-state index in [9.17, 15) is 4.79 Å². The van der Waals surface area contributed by atoms with E-state index in [1.807, 2.05) is 49.4 Å². The minimum atomic E-state index is -0.276. The number of hydrogen-bond acceptors (Lipinski definition) is 3. The van der Waals surface area contributed by atoms with Crippen molar-refractivity contribution in [1.29, 1.82) is 0 Å². The van der Waals surface area contributed by atoms with Crippen molar-refractivity contribution in [3.63, 3.8) is 0 Å². The number of aryl methyl sites for hydroxylation is 1. The zero-order chi connectivity index (χ0) is 16.1. The second kappa shape index (κ2) is 6.63. The predicted octanol–water partition coefficient (Wildman–Crippen LogP) is 3.64. The maximum absolute atomic E-state index is 12.1. The number of hydrogen-bond donors (Lipinski definition) is 1. The lowest BCUT2D eigenvalue weighted by molar-refractivity contribution is 0.0996. The fraction of sp³-hybridized carbons (Fsp3) is 0.0526.